The predicted octanol–water partition coefficient (Wildman–Crippen LogP) is 0.00600. The molecule has 0 bridgehead atoms. The SMILES string of the molecule is O=C(O)NC[C@H]1CCCN1. The Bertz CT molecular complexity index is 121. The normalized spacial score (nSPS) is 24.6. The number of carbonyl (C=O) groups is 1. The maximum atomic E-state index is 10.0. The Morgan fingerprint density at radius 1 is 1.80 bits per heavy atom. The van der Waals surface area contributed by atoms with E-state index >= 15 is 0 Å². The molecular formula is C6H12N2O2. The summed E-state index contributed by atoms with van der Waals surface area (Å²) < 4.78 is 0. The summed E-state index contributed by atoms with van der Waals surface area (Å²) in [6.45, 7) is 1.56. The first kappa shape index (κ1) is 7.34. The van der Waals surface area contributed by atoms with Gasteiger partial charge in [-0.15, -0.1) is 0 Å². The van der Waals surface area contributed by atoms with Crippen molar-refractivity contribution in [1.29, 1.82) is 0 Å². The zero-order chi connectivity index (χ0) is 7.40. The van der Waals surface area contributed by atoms with Crippen LogP contribution in [0.3, 0.4) is 0 Å². The number of carboxylic acid groups (broad SMARTS) is 1. The molecule has 1 heterocycles. The molecule has 10 heavy (non-hydrogen) atoms. The van der Waals surface area contributed by atoms with Crippen LogP contribution in [0.2, 0.25) is 0 Å². The summed E-state index contributed by atoms with van der Waals surface area (Å²) in [5, 5.41) is 13.8. The van der Waals surface area contributed by atoms with Crippen LogP contribution in [0.15, 0.2) is 0 Å². The molecule has 1 fully saturated rings. The maximum Gasteiger partial charge on any atom is 0.404 e. The van der Waals surface area contributed by atoms with Gasteiger partial charge in [0.15, 0.2) is 0 Å². The van der Waals surface area contributed by atoms with Gasteiger partial charge in [-0.25, -0.2) is 4.79 Å². The first-order valence-corrected chi connectivity index (χ1v) is 3.49. The lowest BCUT2D eigenvalue weighted by Gasteiger charge is -2.08. The number of hydrogen-bond acceptors (Lipinski definition) is 2. The van der Waals surface area contributed by atoms with E-state index in [1.807, 2.05) is 0 Å². The molecule has 0 radical (unpaired) electrons. The third-order valence-corrected chi connectivity index (χ3v) is 1.66. The summed E-state index contributed by atoms with van der Waals surface area (Å²) in [6, 6.07) is 0.357. The van der Waals surface area contributed by atoms with E-state index in [-0.39, 0.29) is 0 Å². The molecule has 0 saturated carbocycles. The largest absolute Gasteiger partial charge is 0.465 e. The average molecular weight is 144 g/mol. The fourth-order valence-electron chi connectivity index (χ4n) is 1.14. The molecule has 1 saturated heterocycles. The van der Waals surface area contributed by atoms with E-state index in [0.717, 1.165) is 19.4 Å². The molecule has 4 heteroatoms. The molecule has 4 nitrogen and oxygen atoms in total. The van der Waals surface area contributed by atoms with Crippen molar-refractivity contribution in [3.63, 3.8) is 0 Å². The molecule has 1 atom stereocenters. The first-order valence-electron chi connectivity index (χ1n) is 3.49. The van der Waals surface area contributed by atoms with E-state index in [1.165, 1.54) is 0 Å². The highest BCUT2D eigenvalue weighted by molar-refractivity contribution is 5.64. The fraction of sp³-hybridized carbons (Fsp3) is 0.833. The summed E-state index contributed by atoms with van der Waals surface area (Å²) in [5.41, 5.74) is 0. The van der Waals surface area contributed by atoms with Crippen molar-refractivity contribution in [3.8, 4) is 0 Å². The van der Waals surface area contributed by atoms with Crippen LogP contribution in [0.1, 0.15) is 12.8 Å². The third kappa shape index (κ3) is 2.23. The molecule has 1 amide bonds. The van der Waals surface area contributed by atoms with Crippen molar-refractivity contribution >= 4 is 6.09 Å². The van der Waals surface area contributed by atoms with Gasteiger partial charge in [-0.1, -0.05) is 0 Å². The molecule has 0 aromatic carbocycles. The van der Waals surface area contributed by atoms with Crippen LogP contribution in [-0.4, -0.2) is 30.3 Å². The van der Waals surface area contributed by atoms with Crippen molar-refractivity contribution in [2.75, 3.05) is 13.1 Å². The standard InChI is InChI=1S/C6H12N2O2/c9-6(10)8-4-5-2-1-3-7-5/h5,7-8H,1-4H2,(H,9,10)/t5-/m1/s1. The lowest BCUT2D eigenvalue weighted by Crippen LogP contribution is -2.36. The Labute approximate surface area is 59.6 Å². The van der Waals surface area contributed by atoms with E-state index in [4.69, 9.17) is 5.11 Å². The number of rotatable bonds is 2. The molecule has 1 aliphatic rings. The Morgan fingerprint density at radius 3 is 3.10 bits per heavy atom. The average Bonchev–Trinajstić information content (AvgIpc) is 2.34. The van der Waals surface area contributed by atoms with Crippen LogP contribution in [0.5, 0.6) is 0 Å². The summed E-state index contributed by atoms with van der Waals surface area (Å²) in [5.74, 6) is 0. The van der Waals surface area contributed by atoms with Crippen LogP contribution < -0.4 is 10.6 Å². The zero-order valence-corrected chi connectivity index (χ0v) is 5.76. The monoisotopic (exact) mass is 144 g/mol. The Morgan fingerprint density at radius 2 is 2.60 bits per heavy atom. The molecule has 1 aliphatic heterocycles. The number of hydrogen-bond donors (Lipinski definition) is 3. The first-order chi connectivity index (χ1) is 4.79. The van der Waals surface area contributed by atoms with Gasteiger partial charge >= 0.3 is 6.09 Å². The molecule has 0 aromatic rings. The van der Waals surface area contributed by atoms with E-state index in [1.54, 1.807) is 0 Å². The van der Waals surface area contributed by atoms with Gasteiger partial charge in [0, 0.05) is 12.6 Å². The van der Waals surface area contributed by atoms with E-state index in [2.05, 4.69) is 10.6 Å². The fourth-order valence-corrected chi connectivity index (χ4v) is 1.14. The highest BCUT2D eigenvalue weighted by Crippen LogP contribution is 2.02. The minimum absolute atomic E-state index is 0.357. The summed E-state index contributed by atoms with van der Waals surface area (Å²) in [7, 11) is 0. The van der Waals surface area contributed by atoms with Gasteiger partial charge in [0.25, 0.3) is 0 Å². The summed E-state index contributed by atoms with van der Waals surface area (Å²) in [4.78, 5) is 10.0. The highest BCUT2D eigenvalue weighted by Gasteiger charge is 2.13. The molecule has 0 spiro atoms. The maximum absolute atomic E-state index is 10.0. The van der Waals surface area contributed by atoms with Gasteiger partial charge in [-0.2, -0.15) is 0 Å². The molecule has 1 rings (SSSR count). The number of amides is 1. The molecule has 3 N–H and O–H groups in total. The second kappa shape index (κ2) is 3.41. The Kier molecular flexibility index (Phi) is 2.50. The van der Waals surface area contributed by atoms with Gasteiger partial charge in [0.1, 0.15) is 0 Å². The van der Waals surface area contributed by atoms with Crippen molar-refractivity contribution in [2.24, 2.45) is 0 Å². The smallest absolute Gasteiger partial charge is 0.404 e. The minimum atomic E-state index is -0.936. The van der Waals surface area contributed by atoms with Crippen molar-refractivity contribution in [2.45, 2.75) is 18.9 Å². The second-order valence-electron chi connectivity index (χ2n) is 2.48. The lowest BCUT2D eigenvalue weighted by atomic mass is 10.2. The van der Waals surface area contributed by atoms with E-state index in [9.17, 15) is 4.79 Å². The topological polar surface area (TPSA) is 61.4 Å². The van der Waals surface area contributed by atoms with Gasteiger partial charge in [-0.3, -0.25) is 0 Å². The van der Waals surface area contributed by atoms with E-state index in [0.29, 0.717) is 12.6 Å². The minimum Gasteiger partial charge on any atom is -0.465 e. The van der Waals surface area contributed by atoms with Crippen molar-refractivity contribution in [3.05, 3.63) is 0 Å². The molecular weight excluding hydrogens is 132 g/mol. The summed E-state index contributed by atoms with van der Waals surface area (Å²) in [6.07, 6.45) is 1.31. The molecule has 0 aromatic heterocycles. The third-order valence-electron chi connectivity index (χ3n) is 1.66. The second-order valence-corrected chi connectivity index (χ2v) is 2.48. The quantitative estimate of drug-likeness (QED) is 0.511. The van der Waals surface area contributed by atoms with Gasteiger partial charge < -0.3 is 15.7 Å². The molecule has 58 valence electrons. The zero-order valence-electron chi connectivity index (χ0n) is 5.76. The van der Waals surface area contributed by atoms with Crippen molar-refractivity contribution < 1.29 is 9.90 Å². The van der Waals surface area contributed by atoms with Crippen LogP contribution in [0, 0.1) is 0 Å². The lowest BCUT2D eigenvalue weighted by molar-refractivity contribution is 0.193. The molecule has 0 unspecified atom stereocenters. The van der Waals surface area contributed by atoms with E-state index < -0.39 is 6.09 Å². The van der Waals surface area contributed by atoms with Gasteiger partial charge in [-0.05, 0) is 19.4 Å². The van der Waals surface area contributed by atoms with Crippen LogP contribution in [0.4, 0.5) is 4.79 Å². The highest BCUT2D eigenvalue weighted by atomic mass is 16.4. The van der Waals surface area contributed by atoms with Crippen LogP contribution >= 0.6 is 0 Å². The van der Waals surface area contributed by atoms with Gasteiger partial charge in [0.2, 0.25) is 0 Å². The van der Waals surface area contributed by atoms with Crippen LogP contribution in [-0.2, 0) is 0 Å². The summed E-state index contributed by atoms with van der Waals surface area (Å²) >= 11 is 0. The molecule has 0 aliphatic carbocycles. The predicted molar refractivity (Wildman–Crippen MR) is 37.1 cm³/mol. The van der Waals surface area contributed by atoms with Crippen LogP contribution in [0.25, 0.3) is 0 Å². The Hall–Kier alpha value is -0.770. The van der Waals surface area contributed by atoms with Gasteiger partial charge in [0.05, 0.1) is 0 Å². The van der Waals surface area contributed by atoms with Crippen molar-refractivity contribution in [1.82, 2.24) is 10.6 Å². The Balaban J connectivity index is 2.07. The number of nitrogens with one attached hydrogen (secondary N) is 2.